The average molecular weight is 216 g/mol. The molecule has 15 heavy (non-hydrogen) atoms. The Morgan fingerprint density at radius 1 is 1.60 bits per heavy atom. The van der Waals surface area contributed by atoms with Gasteiger partial charge in [0.05, 0.1) is 13.2 Å². The number of ether oxygens (including phenoxy) is 2. The molecule has 1 saturated heterocycles. The summed E-state index contributed by atoms with van der Waals surface area (Å²) in [7, 11) is 1.79. The van der Waals surface area contributed by atoms with Gasteiger partial charge in [-0.25, -0.2) is 4.79 Å². The minimum absolute atomic E-state index is 0.0132. The summed E-state index contributed by atoms with van der Waals surface area (Å²) in [4.78, 5) is 15.3. The first-order valence-corrected chi connectivity index (χ1v) is 5.41. The second-order valence-corrected chi connectivity index (χ2v) is 3.48. The van der Waals surface area contributed by atoms with Crippen LogP contribution in [0.2, 0.25) is 0 Å². The molecule has 1 aliphatic heterocycles. The van der Waals surface area contributed by atoms with E-state index in [-0.39, 0.29) is 12.3 Å². The maximum absolute atomic E-state index is 11.9. The zero-order valence-electron chi connectivity index (χ0n) is 9.73. The van der Waals surface area contributed by atoms with Crippen LogP contribution in [0.5, 0.6) is 0 Å². The van der Waals surface area contributed by atoms with Gasteiger partial charge in [0.2, 0.25) is 0 Å². The van der Waals surface area contributed by atoms with E-state index >= 15 is 0 Å². The quantitative estimate of drug-likeness (QED) is 0.699. The minimum atomic E-state index is -0.231. The molecule has 1 heterocycles. The molecule has 5 heteroatoms. The first kappa shape index (κ1) is 12.3. The molecule has 1 aliphatic rings. The third kappa shape index (κ3) is 3.07. The van der Waals surface area contributed by atoms with Crippen LogP contribution in [0.15, 0.2) is 0 Å². The van der Waals surface area contributed by atoms with Gasteiger partial charge in [0.1, 0.15) is 0 Å². The average Bonchev–Trinajstić information content (AvgIpc) is 2.28. The van der Waals surface area contributed by atoms with Gasteiger partial charge in [-0.1, -0.05) is 0 Å². The molecule has 1 rings (SSSR count). The molecule has 0 radical (unpaired) electrons. The van der Waals surface area contributed by atoms with Crippen molar-refractivity contribution in [2.24, 2.45) is 0 Å². The van der Waals surface area contributed by atoms with Crippen LogP contribution in [-0.2, 0) is 9.47 Å². The number of morpholine rings is 1. The molecule has 0 aromatic carbocycles. The van der Waals surface area contributed by atoms with Gasteiger partial charge >= 0.3 is 6.03 Å². The number of carbonyl (C=O) groups is 1. The number of hydrogen-bond donors (Lipinski definition) is 0. The summed E-state index contributed by atoms with van der Waals surface area (Å²) < 4.78 is 10.8. The summed E-state index contributed by atoms with van der Waals surface area (Å²) >= 11 is 0. The lowest BCUT2D eigenvalue weighted by Crippen LogP contribution is -2.53. The lowest BCUT2D eigenvalue weighted by molar-refractivity contribution is -0.119. The van der Waals surface area contributed by atoms with Crippen molar-refractivity contribution < 1.29 is 14.3 Å². The van der Waals surface area contributed by atoms with Gasteiger partial charge in [0.15, 0.2) is 6.23 Å². The summed E-state index contributed by atoms with van der Waals surface area (Å²) in [6.07, 6.45) is -0.231. The van der Waals surface area contributed by atoms with Crippen molar-refractivity contribution in [3.8, 4) is 0 Å². The molecule has 0 aliphatic carbocycles. The number of nitrogens with zero attached hydrogens (tertiary/aromatic N) is 2. The zero-order valence-corrected chi connectivity index (χ0v) is 9.73. The maximum Gasteiger partial charge on any atom is 0.321 e. The van der Waals surface area contributed by atoms with Gasteiger partial charge in [0.25, 0.3) is 0 Å². The molecule has 0 spiro atoms. The Morgan fingerprint density at radius 3 is 2.93 bits per heavy atom. The third-order valence-corrected chi connectivity index (χ3v) is 2.49. The molecular weight excluding hydrogens is 196 g/mol. The third-order valence-electron chi connectivity index (χ3n) is 2.49. The van der Waals surface area contributed by atoms with Crippen molar-refractivity contribution in [1.82, 2.24) is 9.80 Å². The summed E-state index contributed by atoms with van der Waals surface area (Å²) in [6.45, 7) is 6.83. The lowest BCUT2D eigenvalue weighted by Gasteiger charge is -2.37. The van der Waals surface area contributed by atoms with Gasteiger partial charge < -0.3 is 14.4 Å². The van der Waals surface area contributed by atoms with E-state index in [2.05, 4.69) is 0 Å². The van der Waals surface area contributed by atoms with Crippen LogP contribution >= 0.6 is 0 Å². The highest BCUT2D eigenvalue weighted by Gasteiger charge is 2.29. The summed E-state index contributed by atoms with van der Waals surface area (Å²) in [5, 5.41) is 0. The Kier molecular flexibility index (Phi) is 4.84. The van der Waals surface area contributed by atoms with Crippen molar-refractivity contribution in [3.63, 3.8) is 0 Å². The van der Waals surface area contributed by atoms with Gasteiger partial charge in [-0.3, -0.25) is 4.90 Å². The van der Waals surface area contributed by atoms with Crippen LogP contribution in [0.3, 0.4) is 0 Å². The van der Waals surface area contributed by atoms with Gasteiger partial charge in [0, 0.05) is 26.7 Å². The maximum atomic E-state index is 11.9. The van der Waals surface area contributed by atoms with Crippen LogP contribution in [0.1, 0.15) is 13.8 Å². The second-order valence-electron chi connectivity index (χ2n) is 3.48. The normalized spacial score (nSPS) is 21.5. The first-order valence-electron chi connectivity index (χ1n) is 5.41. The number of amides is 2. The van der Waals surface area contributed by atoms with E-state index in [1.807, 2.05) is 13.8 Å². The Balaban J connectivity index is 2.58. The highest BCUT2D eigenvalue weighted by atomic mass is 16.5. The van der Waals surface area contributed by atoms with E-state index in [1.54, 1.807) is 16.8 Å². The monoisotopic (exact) mass is 216 g/mol. The minimum Gasteiger partial charge on any atom is -0.375 e. The number of hydrogen-bond acceptors (Lipinski definition) is 3. The molecule has 0 aromatic rings. The summed E-state index contributed by atoms with van der Waals surface area (Å²) in [5.74, 6) is 0. The highest BCUT2D eigenvalue weighted by Crippen LogP contribution is 2.10. The highest BCUT2D eigenvalue weighted by molar-refractivity contribution is 5.74. The number of urea groups is 1. The van der Waals surface area contributed by atoms with E-state index in [1.165, 1.54) is 0 Å². The molecular formula is C10H20N2O3. The molecule has 5 nitrogen and oxygen atoms in total. The zero-order chi connectivity index (χ0) is 11.3. The van der Waals surface area contributed by atoms with Crippen LogP contribution in [-0.4, -0.2) is 62.0 Å². The molecule has 2 amide bonds. The summed E-state index contributed by atoms with van der Waals surface area (Å²) in [6, 6.07) is 0.0132. The van der Waals surface area contributed by atoms with Gasteiger partial charge in [-0.2, -0.15) is 0 Å². The molecule has 0 bridgehead atoms. The first-order chi connectivity index (χ1) is 7.20. The summed E-state index contributed by atoms with van der Waals surface area (Å²) in [5.41, 5.74) is 0. The Morgan fingerprint density at radius 2 is 2.33 bits per heavy atom. The molecule has 88 valence electrons. The van der Waals surface area contributed by atoms with E-state index in [0.29, 0.717) is 32.9 Å². The second kappa shape index (κ2) is 5.92. The predicted molar refractivity (Wildman–Crippen MR) is 56.6 cm³/mol. The van der Waals surface area contributed by atoms with Crippen molar-refractivity contribution >= 4 is 6.03 Å². The number of rotatable bonds is 3. The smallest absolute Gasteiger partial charge is 0.321 e. The van der Waals surface area contributed by atoms with Crippen LogP contribution in [0.25, 0.3) is 0 Å². The predicted octanol–water partition coefficient (Wildman–Crippen LogP) is 0.753. The van der Waals surface area contributed by atoms with Gasteiger partial charge in [-0.05, 0) is 13.8 Å². The number of carbonyl (C=O) groups excluding carboxylic acids is 1. The lowest BCUT2D eigenvalue weighted by atomic mass is 10.4. The Hall–Kier alpha value is -0.810. The fourth-order valence-corrected chi connectivity index (χ4v) is 1.48. The van der Waals surface area contributed by atoms with Crippen molar-refractivity contribution in [1.29, 1.82) is 0 Å². The largest absolute Gasteiger partial charge is 0.375 e. The molecule has 1 unspecified atom stereocenters. The molecule has 0 N–H and O–H groups in total. The molecule has 1 atom stereocenters. The van der Waals surface area contributed by atoms with Crippen molar-refractivity contribution in [3.05, 3.63) is 0 Å². The van der Waals surface area contributed by atoms with E-state index in [0.717, 1.165) is 0 Å². The SMILES string of the molecule is CCOC1COCCN1C(=O)N(C)CC. The molecule has 0 saturated carbocycles. The van der Waals surface area contributed by atoms with Crippen molar-refractivity contribution in [2.45, 2.75) is 20.1 Å². The van der Waals surface area contributed by atoms with Crippen LogP contribution in [0.4, 0.5) is 4.79 Å². The van der Waals surface area contributed by atoms with E-state index in [4.69, 9.17) is 9.47 Å². The molecule has 0 aromatic heterocycles. The Labute approximate surface area is 90.9 Å². The molecule has 1 fully saturated rings. The van der Waals surface area contributed by atoms with E-state index < -0.39 is 0 Å². The Bertz CT molecular complexity index is 209. The van der Waals surface area contributed by atoms with Crippen molar-refractivity contribution in [2.75, 3.05) is 40.0 Å². The van der Waals surface area contributed by atoms with Crippen LogP contribution < -0.4 is 0 Å². The standard InChI is InChI=1S/C10H20N2O3/c1-4-11(3)10(13)12-6-7-14-8-9(12)15-5-2/h9H,4-8H2,1-3H3. The fourth-order valence-electron chi connectivity index (χ4n) is 1.48. The fraction of sp³-hybridized carbons (Fsp3) is 0.900. The van der Waals surface area contributed by atoms with Gasteiger partial charge in [-0.15, -0.1) is 0 Å². The van der Waals surface area contributed by atoms with Crippen LogP contribution in [0, 0.1) is 0 Å². The van der Waals surface area contributed by atoms with E-state index in [9.17, 15) is 4.79 Å². The topological polar surface area (TPSA) is 42.0 Å².